The average Bonchev–Trinajstić information content (AvgIpc) is 2.43. The van der Waals surface area contributed by atoms with Gasteiger partial charge in [-0.05, 0) is 19.3 Å². The van der Waals surface area contributed by atoms with Crippen molar-refractivity contribution < 1.29 is 14.3 Å². The summed E-state index contributed by atoms with van der Waals surface area (Å²) in [5.74, 6) is 0.0803. The van der Waals surface area contributed by atoms with E-state index < -0.39 is 0 Å². The lowest BCUT2D eigenvalue weighted by atomic mass is 9.97. The van der Waals surface area contributed by atoms with E-state index >= 15 is 0 Å². The largest absolute Gasteiger partial charge is 0.453 e. The summed E-state index contributed by atoms with van der Waals surface area (Å²) in [6, 6.07) is 0. The van der Waals surface area contributed by atoms with Crippen molar-refractivity contribution in [3.63, 3.8) is 0 Å². The fourth-order valence-electron chi connectivity index (χ4n) is 2.29. The molecule has 2 amide bonds. The topological polar surface area (TPSA) is 49.9 Å². The number of rotatable bonds is 4. The van der Waals surface area contributed by atoms with Crippen molar-refractivity contribution in [3.8, 4) is 0 Å². The number of unbranched alkanes of at least 4 members (excludes halogenated alkanes) is 1. The number of piperidine rings is 1. The highest BCUT2D eigenvalue weighted by molar-refractivity contribution is 5.79. The van der Waals surface area contributed by atoms with Crippen LogP contribution in [0.3, 0.4) is 0 Å². The Labute approximate surface area is 109 Å². The van der Waals surface area contributed by atoms with E-state index in [0.29, 0.717) is 13.1 Å². The summed E-state index contributed by atoms with van der Waals surface area (Å²) in [5, 5.41) is 0. The zero-order valence-electron chi connectivity index (χ0n) is 11.6. The van der Waals surface area contributed by atoms with Crippen LogP contribution in [0.2, 0.25) is 0 Å². The van der Waals surface area contributed by atoms with Crippen molar-refractivity contribution in [1.82, 2.24) is 9.80 Å². The van der Waals surface area contributed by atoms with Crippen LogP contribution < -0.4 is 0 Å². The van der Waals surface area contributed by atoms with Crippen LogP contribution in [0.25, 0.3) is 0 Å². The summed E-state index contributed by atoms with van der Waals surface area (Å²) in [5.41, 5.74) is 0. The first-order valence-electron chi connectivity index (χ1n) is 6.68. The molecule has 0 bridgehead atoms. The molecule has 1 aliphatic rings. The van der Waals surface area contributed by atoms with Crippen molar-refractivity contribution in [2.45, 2.75) is 32.6 Å². The lowest BCUT2D eigenvalue weighted by Gasteiger charge is -2.33. The predicted molar refractivity (Wildman–Crippen MR) is 69.2 cm³/mol. The molecule has 0 aliphatic carbocycles. The van der Waals surface area contributed by atoms with Crippen LogP contribution in [0.4, 0.5) is 4.79 Å². The van der Waals surface area contributed by atoms with E-state index in [0.717, 1.165) is 32.2 Å². The van der Waals surface area contributed by atoms with Crippen molar-refractivity contribution in [3.05, 3.63) is 0 Å². The standard InChI is InChI=1S/C13H24N2O3/c1-4-5-8-14(2)12(16)11-7-6-9-15(10-11)13(17)18-3/h11H,4-10H2,1-3H3. The molecule has 1 heterocycles. The number of likely N-dealkylation sites (tertiary alicyclic amines) is 1. The molecular weight excluding hydrogens is 232 g/mol. The van der Waals surface area contributed by atoms with Crippen molar-refractivity contribution >= 4 is 12.0 Å². The molecule has 1 unspecified atom stereocenters. The molecule has 1 aliphatic heterocycles. The number of methoxy groups -OCH3 is 1. The lowest BCUT2D eigenvalue weighted by molar-refractivity contribution is -0.135. The quantitative estimate of drug-likeness (QED) is 0.769. The van der Waals surface area contributed by atoms with Gasteiger partial charge in [0.05, 0.1) is 13.0 Å². The Bertz CT molecular complexity index is 294. The van der Waals surface area contributed by atoms with E-state index in [9.17, 15) is 9.59 Å². The molecule has 1 fully saturated rings. The molecule has 5 nitrogen and oxygen atoms in total. The van der Waals surface area contributed by atoms with E-state index in [4.69, 9.17) is 4.74 Å². The van der Waals surface area contributed by atoms with Crippen molar-refractivity contribution in [2.24, 2.45) is 5.92 Å². The Kier molecular flexibility index (Phi) is 5.95. The third-order valence-electron chi connectivity index (χ3n) is 3.43. The fraction of sp³-hybridized carbons (Fsp3) is 0.846. The second-order valence-electron chi connectivity index (χ2n) is 4.87. The molecule has 1 saturated heterocycles. The number of ether oxygens (including phenoxy) is 1. The van der Waals surface area contributed by atoms with E-state index in [1.54, 1.807) is 9.80 Å². The van der Waals surface area contributed by atoms with Gasteiger partial charge in [0.2, 0.25) is 5.91 Å². The molecule has 1 atom stereocenters. The number of amides is 2. The highest BCUT2D eigenvalue weighted by Gasteiger charge is 2.30. The van der Waals surface area contributed by atoms with Gasteiger partial charge in [-0.2, -0.15) is 0 Å². The lowest BCUT2D eigenvalue weighted by Crippen LogP contribution is -2.46. The molecule has 1 rings (SSSR count). The zero-order valence-corrected chi connectivity index (χ0v) is 11.6. The van der Waals surface area contributed by atoms with Crippen LogP contribution in [0.1, 0.15) is 32.6 Å². The monoisotopic (exact) mass is 256 g/mol. The maximum Gasteiger partial charge on any atom is 0.409 e. The highest BCUT2D eigenvalue weighted by Crippen LogP contribution is 2.19. The normalized spacial score (nSPS) is 19.5. The van der Waals surface area contributed by atoms with Crippen molar-refractivity contribution in [1.29, 1.82) is 0 Å². The smallest absolute Gasteiger partial charge is 0.409 e. The third kappa shape index (κ3) is 3.89. The molecule has 0 N–H and O–H groups in total. The van der Waals surface area contributed by atoms with Crippen LogP contribution in [-0.2, 0) is 9.53 Å². The zero-order chi connectivity index (χ0) is 13.5. The summed E-state index contributed by atoms with van der Waals surface area (Å²) < 4.78 is 4.71. The SMILES string of the molecule is CCCCN(C)C(=O)C1CCCN(C(=O)OC)C1. The van der Waals surface area contributed by atoms with E-state index in [-0.39, 0.29) is 17.9 Å². The maximum atomic E-state index is 12.2. The Morgan fingerprint density at radius 1 is 1.44 bits per heavy atom. The molecule has 0 saturated carbocycles. The molecule has 0 aromatic carbocycles. The second-order valence-corrected chi connectivity index (χ2v) is 4.87. The van der Waals surface area contributed by atoms with Gasteiger partial charge in [0.1, 0.15) is 0 Å². The molecule has 0 aromatic heterocycles. The summed E-state index contributed by atoms with van der Waals surface area (Å²) >= 11 is 0. The minimum Gasteiger partial charge on any atom is -0.453 e. The highest BCUT2D eigenvalue weighted by atomic mass is 16.5. The summed E-state index contributed by atoms with van der Waals surface area (Å²) in [4.78, 5) is 27.1. The van der Waals surface area contributed by atoms with Crippen LogP contribution in [-0.4, -0.2) is 55.6 Å². The van der Waals surface area contributed by atoms with Gasteiger partial charge < -0.3 is 14.5 Å². The van der Waals surface area contributed by atoms with Gasteiger partial charge in [0.15, 0.2) is 0 Å². The summed E-state index contributed by atoms with van der Waals surface area (Å²) in [6.07, 6.45) is 3.51. The Morgan fingerprint density at radius 3 is 2.78 bits per heavy atom. The van der Waals surface area contributed by atoms with Crippen LogP contribution in [0.5, 0.6) is 0 Å². The van der Waals surface area contributed by atoms with E-state index in [1.807, 2.05) is 7.05 Å². The first-order chi connectivity index (χ1) is 8.60. The number of hydrogen-bond acceptors (Lipinski definition) is 3. The number of nitrogens with zero attached hydrogens (tertiary/aromatic N) is 2. The molecule has 0 spiro atoms. The van der Waals surface area contributed by atoms with Crippen LogP contribution in [0, 0.1) is 5.92 Å². The van der Waals surface area contributed by atoms with Gasteiger partial charge in [-0.25, -0.2) is 4.79 Å². The number of carbonyl (C=O) groups excluding carboxylic acids is 2. The van der Waals surface area contributed by atoms with Gasteiger partial charge in [-0.1, -0.05) is 13.3 Å². The molecule has 18 heavy (non-hydrogen) atoms. The minimum absolute atomic E-state index is 0.0697. The first kappa shape index (κ1) is 14.8. The first-order valence-corrected chi connectivity index (χ1v) is 6.68. The maximum absolute atomic E-state index is 12.2. The van der Waals surface area contributed by atoms with Crippen LogP contribution in [0.15, 0.2) is 0 Å². The third-order valence-corrected chi connectivity index (χ3v) is 3.43. The van der Waals surface area contributed by atoms with Gasteiger partial charge in [0, 0.05) is 26.7 Å². The summed E-state index contributed by atoms with van der Waals surface area (Å²) in [7, 11) is 3.22. The molecule has 0 aromatic rings. The number of hydrogen-bond donors (Lipinski definition) is 0. The van der Waals surface area contributed by atoms with Crippen LogP contribution >= 0.6 is 0 Å². The van der Waals surface area contributed by atoms with E-state index in [2.05, 4.69) is 6.92 Å². The molecule has 0 radical (unpaired) electrons. The molecular formula is C13H24N2O3. The Hall–Kier alpha value is -1.26. The Morgan fingerprint density at radius 2 is 2.17 bits per heavy atom. The van der Waals surface area contributed by atoms with E-state index in [1.165, 1.54) is 7.11 Å². The number of carbonyl (C=O) groups is 2. The van der Waals surface area contributed by atoms with Gasteiger partial charge in [0.25, 0.3) is 0 Å². The predicted octanol–water partition coefficient (Wildman–Crippen LogP) is 1.72. The molecule has 5 heteroatoms. The fourth-order valence-corrected chi connectivity index (χ4v) is 2.29. The van der Waals surface area contributed by atoms with Gasteiger partial charge in [-0.15, -0.1) is 0 Å². The Balaban J connectivity index is 2.50. The average molecular weight is 256 g/mol. The summed E-state index contributed by atoms with van der Waals surface area (Å²) in [6.45, 7) is 4.08. The van der Waals surface area contributed by atoms with Gasteiger partial charge >= 0.3 is 6.09 Å². The molecule has 104 valence electrons. The van der Waals surface area contributed by atoms with Gasteiger partial charge in [-0.3, -0.25) is 4.79 Å². The second kappa shape index (κ2) is 7.24. The minimum atomic E-state index is -0.330. The van der Waals surface area contributed by atoms with Crippen molar-refractivity contribution in [2.75, 3.05) is 33.8 Å².